The van der Waals surface area contributed by atoms with Gasteiger partial charge in [-0.3, -0.25) is 4.68 Å². The summed E-state index contributed by atoms with van der Waals surface area (Å²) in [6, 6.07) is 3.59. The van der Waals surface area contributed by atoms with Crippen LogP contribution in [0.3, 0.4) is 0 Å². The highest BCUT2D eigenvalue weighted by atomic mass is 32.1. The summed E-state index contributed by atoms with van der Waals surface area (Å²) >= 11 is 2.93. The summed E-state index contributed by atoms with van der Waals surface area (Å²) in [5.74, 6) is -0.910. The van der Waals surface area contributed by atoms with E-state index < -0.39 is 5.97 Å². The van der Waals surface area contributed by atoms with E-state index in [4.69, 9.17) is 5.11 Å². The molecule has 102 valence electrons. The van der Waals surface area contributed by atoms with Crippen molar-refractivity contribution < 1.29 is 9.90 Å². The molecule has 0 atom stereocenters. The topological polar surface area (TPSA) is 68.0 Å². The highest BCUT2D eigenvalue weighted by Crippen LogP contribution is 2.32. The molecule has 0 aliphatic heterocycles. The van der Waals surface area contributed by atoms with Crippen molar-refractivity contribution in [3.05, 3.63) is 34.7 Å². The lowest BCUT2D eigenvalue weighted by Gasteiger charge is -1.99. The number of carbonyl (C=O) groups is 1. The molecule has 0 amide bonds. The molecule has 0 aromatic carbocycles. The van der Waals surface area contributed by atoms with Gasteiger partial charge in [-0.15, -0.1) is 22.7 Å². The van der Waals surface area contributed by atoms with E-state index in [0.29, 0.717) is 5.56 Å². The molecule has 0 aliphatic rings. The van der Waals surface area contributed by atoms with Crippen LogP contribution >= 0.6 is 22.7 Å². The van der Waals surface area contributed by atoms with Crippen LogP contribution in [0.4, 0.5) is 0 Å². The number of thiophene rings is 1. The van der Waals surface area contributed by atoms with E-state index in [1.165, 1.54) is 22.7 Å². The summed E-state index contributed by atoms with van der Waals surface area (Å²) in [4.78, 5) is 16.3. The molecular formula is C13H11N3O2S2. The number of thiazole rings is 1. The van der Waals surface area contributed by atoms with Crippen LogP contribution in [0.25, 0.3) is 21.3 Å². The minimum atomic E-state index is -0.910. The standard InChI is InChI=1S/C13H11N3O2S2/c1-2-16-10(3-4-14-16)12-15-9(7-20-12)11-5-8(6-19-11)13(17)18/h3-7H,2H2,1H3,(H,17,18). The molecule has 5 nitrogen and oxygen atoms in total. The van der Waals surface area contributed by atoms with Gasteiger partial charge in [0.25, 0.3) is 0 Å². The smallest absolute Gasteiger partial charge is 0.336 e. The fourth-order valence-corrected chi connectivity index (χ4v) is 3.62. The Morgan fingerprint density at radius 3 is 2.95 bits per heavy atom. The molecule has 7 heteroatoms. The Morgan fingerprint density at radius 1 is 1.40 bits per heavy atom. The Morgan fingerprint density at radius 2 is 2.25 bits per heavy atom. The van der Waals surface area contributed by atoms with Crippen molar-refractivity contribution in [1.29, 1.82) is 0 Å². The third kappa shape index (κ3) is 2.25. The summed E-state index contributed by atoms with van der Waals surface area (Å²) in [6.45, 7) is 2.82. The zero-order chi connectivity index (χ0) is 14.1. The van der Waals surface area contributed by atoms with E-state index in [1.54, 1.807) is 17.6 Å². The van der Waals surface area contributed by atoms with Gasteiger partial charge >= 0.3 is 5.97 Å². The van der Waals surface area contributed by atoms with Gasteiger partial charge in [-0.1, -0.05) is 0 Å². The predicted octanol–water partition coefficient (Wildman–Crippen LogP) is 3.45. The fraction of sp³-hybridized carbons (Fsp3) is 0.154. The molecule has 0 aliphatic carbocycles. The van der Waals surface area contributed by atoms with Crippen molar-refractivity contribution in [3.8, 4) is 21.3 Å². The first-order chi connectivity index (χ1) is 9.69. The van der Waals surface area contributed by atoms with E-state index in [1.807, 2.05) is 23.1 Å². The Kier molecular flexibility index (Phi) is 3.37. The molecule has 1 N–H and O–H groups in total. The Balaban J connectivity index is 1.95. The number of rotatable bonds is 4. The van der Waals surface area contributed by atoms with Gasteiger partial charge in [-0.2, -0.15) is 5.10 Å². The van der Waals surface area contributed by atoms with Crippen molar-refractivity contribution >= 4 is 28.6 Å². The van der Waals surface area contributed by atoms with E-state index in [-0.39, 0.29) is 0 Å². The van der Waals surface area contributed by atoms with Gasteiger partial charge in [0, 0.05) is 23.5 Å². The zero-order valence-corrected chi connectivity index (χ0v) is 12.2. The average Bonchev–Trinajstić information content (AvgIpc) is 3.17. The highest BCUT2D eigenvalue weighted by molar-refractivity contribution is 7.15. The largest absolute Gasteiger partial charge is 0.478 e. The average molecular weight is 305 g/mol. The van der Waals surface area contributed by atoms with Crippen molar-refractivity contribution in [2.75, 3.05) is 0 Å². The van der Waals surface area contributed by atoms with E-state index in [2.05, 4.69) is 10.1 Å². The number of nitrogens with zero attached hydrogens (tertiary/aromatic N) is 3. The second-order valence-electron chi connectivity index (χ2n) is 4.07. The fourth-order valence-electron chi connectivity index (χ4n) is 1.85. The Bertz CT molecular complexity index is 757. The molecule has 0 spiro atoms. The van der Waals surface area contributed by atoms with Gasteiger partial charge in [-0.05, 0) is 19.1 Å². The maximum atomic E-state index is 10.9. The number of hydrogen-bond acceptors (Lipinski definition) is 5. The lowest BCUT2D eigenvalue weighted by Crippen LogP contribution is -1.98. The lowest BCUT2D eigenvalue weighted by atomic mass is 10.3. The zero-order valence-electron chi connectivity index (χ0n) is 10.6. The van der Waals surface area contributed by atoms with Gasteiger partial charge < -0.3 is 5.11 Å². The Labute approximate surface area is 123 Å². The first kappa shape index (κ1) is 13.0. The molecular weight excluding hydrogens is 294 g/mol. The third-order valence-electron chi connectivity index (χ3n) is 2.84. The minimum absolute atomic E-state index is 0.304. The van der Waals surface area contributed by atoms with Crippen molar-refractivity contribution in [1.82, 2.24) is 14.8 Å². The molecule has 0 unspecified atom stereocenters. The molecule has 3 heterocycles. The third-order valence-corrected chi connectivity index (χ3v) is 4.66. The summed E-state index contributed by atoms with van der Waals surface area (Å²) < 4.78 is 1.89. The quantitative estimate of drug-likeness (QED) is 0.801. The molecule has 20 heavy (non-hydrogen) atoms. The van der Waals surface area contributed by atoms with Gasteiger partial charge in [0.15, 0.2) is 0 Å². The van der Waals surface area contributed by atoms with Crippen molar-refractivity contribution in [3.63, 3.8) is 0 Å². The van der Waals surface area contributed by atoms with Crippen LogP contribution in [-0.2, 0) is 6.54 Å². The normalized spacial score (nSPS) is 10.8. The molecule has 0 radical (unpaired) electrons. The number of aromatic nitrogens is 3. The van der Waals surface area contributed by atoms with E-state index in [0.717, 1.165) is 27.8 Å². The maximum Gasteiger partial charge on any atom is 0.336 e. The number of hydrogen-bond donors (Lipinski definition) is 1. The summed E-state index contributed by atoms with van der Waals surface area (Å²) in [6.07, 6.45) is 1.76. The van der Waals surface area contributed by atoms with Gasteiger partial charge in [0.1, 0.15) is 5.01 Å². The maximum absolute atomic E-state index is 10.9. The first-order valence-corrected chi connectivity index (χ1v) is 7.75. The monoisotopic (exact) mass is 305 g/mol. The van der Waals surface area contributed by atoms with E-state index >= 15 is 0 Å². The van der Waals surface area contributed by atoms with Gasteiger partial charge in [-0.25, -0.2) is 9.78 Å². The van der Waals surface area contributed by atoms with E-state index in [9.17, 15) is 4.79 Å². The summed E-state index contributed by atoms with van der Waals surface area (Å²) in [5, 5.41) is 17.6. The van der Waals surface area contributed by atoms with Crippen LogP contribution in [0.15, 0.2) is 29.1 Å². The number of aryl methyl sites for hydroxylation is 1. The highest BCUT2D eigenvalue weighted by Gasteiger charge is 2.13. The molecule has 0 fully saturated rings. The molecule has 3 rings (SSSR count). The van der Waals surface area contributed by atoms with Crippen molar-refractivity contribution in [2.24, 2.45) is 0 Å². The van der Waals surface area contributed by atoms with Crippen molar-refractivity contribution in [2.45, 2.75) is 13.5 Å². The first-order valence-electron chi connectivity index (χ1n) is 5.99. The SMILES string of the molecule is CCn1nccc1-c1nc(-c2cc(C(=O)O)cs2)cs1. The molecule has 3 aromatic heterocycles. The van der Waals surface area contributed by atoms with Gasteiger partial charge in [0.2, 0.25) is 0 Å². The minimum Gasteiger partial charge on any atom is -0.478 e. The second-order valence-corrected chi connectivity index (χ2v) is 5.84. The Hall–Kier alpha value is -1.99. The van der Waals surface area contributed by atoms with Crippen LogP contribution in [0.1, 0.15) is 17.3 Å². The molecule has 0 bridgehead atoms. The molecule has 0 saturated carbocycles. The molecule has 0 saturated heterocycles. The number of carboxylic acid groups (broad SMARTS) is 1. The summed E-state index contributed by atoms with van der Waals surface area (Å²) in [7, 11) is 0. The second kappa shape index (κ2) is 5.18. The molecule has 3 aromatic rings. The van der Waals surface area contributed by atoms with Crippen LogP contribution in [-0.4, -0.2) is 25.8 Å². The van der Waals surface area contributed by atoms with Crippen LogP contribution in [0, 0.1) is 0 Å². The van der Waals surface area contributed by atoms with Crippen LogP contribution in [0.5, 0.6) is 0 Å². The van der Waals surface area contributed by atoms with Crippen LogP contribution < -0.4 is 0 Å². The van der Waals surface area contributed by atoms with Crippen LogP contribution in [0.2, 0.25) is 0 Å². The predicted molar refractivity (Wildman–Crippen MR) is 79.3 cm³/mol. The number of carboxylic acids is 1. The van der Waals surface area contributed by atoms with Gasteiger partial charge in [0.05, 0.1) is 21.8 Å². The lowest BCUT2D eigenvalue weighted by molar-refractivity contribution is 0.0697. The number of aromatic carboxylic acids is 1. The summed E-state index contributed by atoms with van der Waals surface area (Å²) in [5.41, 5.74) is 2.10.